The maximum Gasteiger partial charge on any atom is 0.390 e. The average molecular weight is 227 g/mol. The number of carbonyl (C=O) groups is 1. The summed E-state index contributed by atoms with van der Waals surface area (Å²) < 4.78 is 35.3. The molecule has 90 valence electrons. The first-order chi connectivity index (χ1) is 6.87. The number of nitrogens with one attached hydrogen (secondary N) is 1. The van der Waals surface area contributed by atoms with Crippen molar-refractivity contribution in [2.45, 2.75) is 44.8 Å². The zero-order valence-corrected chi connectivity index (χ0v) is 8.60. The first kappa shape index (κ1) is 14.2. The van der Waals surface area contributed by atoms with Crippen LogP contribution in [-0.4, -0.2) is 29.8 Å². The quantitative estimate of drug-likeness (QED) is 0.700. The average Bonchev–Trinajstić information content (AvgIpc) is 2.08. The van der Waals surface area contributed by atoms with Crippen molar-refractivity contribution in [2.24, 2.45) is 0 Å². The van der Waals surface area contributed by atoms with Crippen LogP contribution >= 0.6 is 0 Å². The summed E-state index contributed by atoms with van der Waals surface area (Å²) >= 11 is 0. The number of hydrogen-bond donors (Lipinski definition) is 2. The summed E-state index contributed by atoms with van der Waals surface area (Å²) in [6, 6.07) is -0.868. The lowest BCUT2D eigenvalue weighted by molar-refractivity contribution is -0.142. The van der Waals surface area contributed by atoms with Crippen LogP contribution in [0.4, 0.5) is 13.2 Å². The van der Waals surface area contributed by atoms with Gasteiger partial charge in [-0.15, -0.1) is 0 Å². The van der Waals surface area contributed by atoms with Gasteiger partial charge in [-0.25, -0.2) is 0 Å². The van der Waals surface area contributed by atoms with E-state index in [-0.39, 0.29) is 6.54 Å². The van der Waals surface area contributed by atoms with Crippen LogP contribution in [0.3, 0.4) is 0 Å². The van der Waals surface area contributed by atoms with E-state index < -0.39 is 24.6 Å². The monoisotopic (exact) mass is 227 g/mol. The van der Waals surface area contributed by atoms with E-state index in [0.29, 0.717) is 12.8 Å². The summed E-state index contributed by atoms with van der Waals surface area (Å²) in [5.41, 5.74) is 0. The van der Waals surface area contributed by atoms with E-state index in [2.05, 4.69) is 5.32 Å². The minimum Gasteiger partial charge on any atom is -0.480 e. The molecule has 0 aromatic carbocycles. The summed E-state index contributed by atoms with van der Waals surface area (Å²) in [6.45, 7) is 1.55. The Bertz CT molecular complexity index is 194. The van der Waals surface area contributed by atoms with Crippen molar-refractivity contribution >= 4 is 5.97 Å². The van der Waals surface area contributed by atoms with E-state index in [9.17, 15) is 18.0 Å². The summed E-state index contributed by atoms with van der Waals surface area (Å²) in [7, 11) is 0. The van der Waals surface area contributed by atoms with Crippen LogP contribution < -0.4 is 5.32 Å². The van der Waals surface area contributed by atoms with Gasteiger partial charge < -0.3 is 10.4 Å². The summed E-state index contributed by atoms with van der Waals surface area (Å²) in [6.07, 6.45) is -3.35. The molecule has 0 bridgehead atoms. The highest BCUT2D eigenvalue weighted by Crippen LogP contribution is 2.18. The van der Waals surface area contributed by atoms with Gasteiger partial charge in [0.25, 0.3) is 0 Å². The Balaban J connectivity index is 3.81. The summed E-state index contributed by atoms with van der Waals surface area (Å²) in [5.74, 6) is -1.09. The minimum absolute atomic E-state index is 0.343. The number of hydrogen-bond acceptors (Lipinski definition) is 2. The Morgan fingerprint density at radius 1 is 1.47 bits per heavy atom. The predicted molar refractivity (Wildman–Crippen MR) is 49.6 cm³/mol. The normalized spacial score (nSPS) is 13.9. The van der Waals surface area contributed by atoms with Gasteiger partial charge in [0.1, 0.15) is 6.04 Å². The molecule has 0 aliphatic carbocycles. The molecule has 0 aliphatic heterocycles. The molecule has 0 heterocycles. The van der Waals surface area contributed by atoms with Crippen molar-refractivity contribution in [3.8, 4) is 0 Å². The van der Waals surface area contributed by atoms with Crippen LogP contribution in [0.1, 0.15) is 32.6 Å². The third-order valence-electron chi connectivity index (χ3n) is 1.94. The Kier molecular flexibility index (Phi) is 6.31. The van der Waals surface area contributed by atoms with Crippen molar-refractivity contribution in [2.75, 3.05) is 6.54 Å². The van der Waals surface area contributed by atoms with Gasteiger partial charge in [-0.2, -0.15) is 13.2 Å². The molecule has 15 heavy (non-hydrogen) atoms. The fourth-order valence-corrected chi connectivity index (χ4v) is 1.11. The molecule has 0 fully saturated rings. The largest absolute Gasteiger partial charge is 0.480 e. The molecule has 0 aromatic heterocycles. The minimum atomic E-state index is -4.24. The molecule has 3 nitrogen and oxygen atoms in total. The van der Waals surface area contributed by atoms with Crippen LogP contribution in [0.15, 0.2) is 0 Å². The maximum absolute atomic E-state index is 11.8. The van der Waals surface area contributed by atoms with E-state index in [1.165, 1.54) is 0 Å². The third kappa shape index (κ3) is 8.23. The molecule has 1 atom stereocenters. The number of rotatable bonds is 7. The van der Waals surface area contributed by atoms with Crippen LogP contribution in [0.2, 0.25) is 0 Å². The zero-order chi connectivity index (χ0) is 11.9. The molecular weight excluding hydrogens is 211 g/mol. The fraction of sp³-hybridized carbons (Fsp3) is 0.889. The van der Waals surface area contributed by atoms with Gasteiger partial charge in [0.05, 0.1) is 6.42 Å². The van der Waals surface area contributed by atoms with Gasteiger partial charge in [-0.05, 0) is 6.42 Å². The molecule has 0 rings (SSSR count). The first-order valence-electron chi connectivity index (χ1n) is 4.89. The second kappa shape index (κ2) is 6.66. The summed E-state index contributed by atoms with van der Waals surface area (Å²) in [5, 5.41) is 11.1. The highest BCUT2D eigenvalue weighted by atomic mass is 19.4. The SMILES string of the molecule is CCCCC(NCCC(F)(F)F)C(=O)O. The third-order valence-corrected chi connectivity index (χ3v) is 1.94. The molecule has 0 aromatic rings. The Morgan fingerprint density at radius 2 is 2.07 bits per heavy atom. The predicted octanol–water partition coefficient (Wildman–Crippen LogP) is 2.17. The van der Waals surface area contributed by atoms with E-state index >= 15 is 0 Å². The number of unbranched alkanes of at least 4 members (excludes halogenated alkanes) is 1. The zero-order valence-electron chi connectivity index (χ0n) is 8.60. The van der Waals surface area contributed by atoms with E-state index in [1.54, 1.807) is 0 Å². The highest BCUT2D eigenvalue weighted by Gasteiger charge is 2.27. The lowest BCUT2D eigenvalue weighted by Gasteiger charge is -2.14. The molecule has 1 unspecified atom stereocenters. The molecule has 2 N–H and O–H groups in total. The number of halogens is 3. The van der Waals surface area contributed by atoms with Gasteiger partial charge in [-0.3, -0.25) is 4.79 Å². The molecule has 0 spiro atoms. The van der Waals surface area contributed by atoms with Crippen molar-refractivity contribution in [1.29, 1.82) is 0 Å². The lowest BCUT2D eigenvalue weighted by atomic mass is 10.1. The number of aliphatic carboxylic acids is 1. The number of carboxylic acids is 1. The second-order valence-corrected chi connectivity index (χ2v) is 3.35. The molecule has 0 saturated carbocycles. The Labute approximate surface area is 86.7 Å². The van der Waals surface area contributed by atoms with Gasteiger partial charge in [0.2, 0.25) is 0 Å². The first-order valence-corrected chi connectivity index (χ1v) is 4.89. The molecule has 0 saturated heterocycles. The Morgan fingerprint density at radius 3 is 2.47 bits per heavy atom. The van der Waals surface area contributed by atoms with Crippen molar-refractivity contribution in [3.05, 3.63) is 0 Å². The van der Waals surface area contributed by atoms with Crippen LogP contribution in [0, 0.1) is 0 Å². The fourth-order valence-electron chi connectivity index (χ4n) is 1.11. The number of carboxylic acid groups (broad SMARTS) is 1. The Hall–Kier alpha value is -0.780. The second-order valence-electron chi connectivity index (χ2n) is 3.35. The van der Waals surface area contributed by atoms with Crippen molar-refractivity contribution in [3.63, 3.8) is 0 Å². The standard InChI is InChI=1S/C9H16F3NO2/c1-2-3-4-7(8(14)15)13-6-5-9(10,11)12/h7,13H,2-6H2,1H3,(H,14,15). The highest BCUT2D eigenvalue weighted by molar-refractivity contribution is 5.73. The topological polar surface area (TPSA) is 49.3 Å². The van der Waals surface area contributed by atoms with Gasteiger partial charge >= 0.3 is 12.1 Å². The summed E-state index contributed by atoms with van der Waals surface area (Å²) in [4.78, 5) is 10.6. The lowest BCUT2D eigenvalue weighted by Crippen LogP contribution is -2.38. The van der Waals surface area contributed by atoms with Crippen molar-refractivity contribution < 1.29 is 23.1 Å². The van der Waals surface area contributed by atoms with Crippen LogP contribution in [0.25, 0.3) is 0 Å². The maximum atomic E-state index is 11.8. The molecule has 6 heteroatoms. The van der Waals surface area contributed by atoms with Gasteiger partial charge in [0, 0.05) is 6.54 Å². The van der Waals surface area contributed by atoms with Crippen LogP contribution in [0.5, 0.6) is 0 Å². The molecule has 0 amide bonds. The molecule has 0 aliphatic rings. The van der Waals surface area contributed by atoms with Gasteiger partial charge in [0.15, 0.2) is 0 Å². The van der Waals surface area contributed by atoms with E-state index in [0.717, 1.165) is 6.42 Å². The molecular formula is C9H16F3NO2. The van der Waals surface area contributed by atoms with E-state index in [4.69, 9.17) is 5.11 Å². The number of alkyl halides is 3. The van der Waals surface area contributed by atoms with Crippen LogP contribution in [-0.2, 0) is 4.79 Å². The molecule has 0 radical (unpaired) electrons. The van der Waals surface area contributed by atoms with E-state index in [1.807, 2.05) is 6.92 Å². The van der Waals surface area contributed by atoms with Gasteiger partial charge in [-0.1, -0.05) is 19.8 Å². The van der Waals surface area contributed by atoms with Crippen molar-refractivity contribution in [1.82, 2.24) is 5.32 Å². The smallest absolute Gasteiger partial charge is 0.390 e.